The average molecular weight is 498 g/mol. The molecule has 2 aromatic carbocycles. The molecule has 0 bridgehead atoms. The first-order chi connectivity index (χ1) is 15.6. The molecule has 1 aliphatic rings. The summed E-state index contributed by atoms with van der Waals surface area (Å²) < 4.78 is 40.7. The van der Waals surface area contributed by atoms with Gasteiger partial charge in [-0.1, -0.05) is 41.4 Å². The van der Waals surface area contributed by atoms with E-state index in [-0.39, 0.29) is 18.1 Å². The van der Waals surface area contributed by atoms with Gasteiger partial charge in [-0.3, -0.25) is 4.57 Å². The molecule has 1 aliphatic heterocycles. The summed E-state index contributed by atoms with van der Waals surface area (Å²) in [5, 5.41) is 22.1. The minimum Gasteiger partial charge on any atom is -0.382 e. The molecule has 0 fully saturated rings. The molecule has 33 heavy (non-hydrogen) atoms. The second kappa shape index (κ2) is 9.00. The molecule has 4 rings (SSSR count). The first-order valence-corrected chi connectivity index (χ1v) is 10.2. The van der Waals surface area contributed by atoms with Crippen LogP contribution in [0.15, 0.2) is 69.4 Å². The summed E-state index contributed by atoms with van der Waals surface area (Å²) in [5.41, 5.74) is 4.49. The van der Waals surface area contributed by atoms with Crippen LogP contribution in [0.5, 0.6) is 0 Å². The van der Waals surface area contributed by atoms with Crippen molar-refractivity contribution in [2.45, 2.75) is 25.4 Å². The third-order valence-electron chi connectivity index (χ3n) is 4.77. The van der Waals surface area contributed by atoms with E-state index >= 15 is 0 Å². The van der Waals surface area contributed by atoms with Gasteiger partial charge in [0.15, 0.2) is 11.9 Å². The van der Waals surface area contributed by atoms with Crippen LogP contribution in [0, 0.1) is 0 Å². The standard InChI is InChI=1S/C20H14Cl2F3N6O2/c21-12-7-5-11(6-8-12)18-28-31(19(33)30(18)10-16(32)20(23,24)25)9-15-17(27-29-26-15)13-3-1-2-4-14(13)22/h1-8,16,32H,9-10H2/t16-/m0/s1. The largest absolute Gasteiger partial charge is 0.416 e. The topological polar surface area (TPSA) is 98.9 Å². The Morgan fingerprint density at radius 1 is 1.06 bits per heavy atom. The maximum Gasteiger partial charge on any atom is 0.416 e. The fourth-order valence-corrected chi connectivity index (χ4v) is 3.49. The van der Waals surface area contributed by atoms with Crippen molar-refractivity contribution in [1.29, 1.82) is 0 Å². The number of rotatable bonds is 6. The third kappa shape index (κ3) is 4.80. The van der Waals surface area contributed by atoms with Gasteiger partial charge < -0.3 is 5.11 Å². The van der Waals surface area contributed by atoms with E-state index < -0.39 is 24.5 Å². The first-order valence-electron chi connectivity index (χ1n) is 9.43. The Kier molecular flexibility index (Phi) is 6.28. The van der Waals surface area contributed by atoms with Crippen LogP contribution in [0.25, 0.3) is 17.1 Å². The van der Waals surface area contributed by atoms with Crippen LogP contribution >= 0.6 is 23.2 Å². The Hall–Kier alpha value is -3.15. The van der Waals surface area contributed by atoms with Crippen LogP contribution in [-0.4, -0.2) is 31.7 Å². The lowest BCUT2D eigenvalue weighted by atomic mass is 10.1. The van der Waals surface area contributed by atoms with Crippen LogP contribution in [-0.2, 0) is 13.1 Å². The summed E-state index contributed by atoms with van der Waals surface area (Å²) in [6, 6.07) is 12.8. The summed E-state index contributed by atoms with van der Waals surface area (Å²) in [6.45, 7) is -1.27. The molecule has 171 valence electrons. The van der Waals surface area contributed by atoms with Crippen LogP contribution in [0.1, 0.15) is 5.56 Å². The van der Waals surface area contributed by atoms with Crippen LogP contribution < -0.4 is 11.1 Å². The van der Waals surface area contributed by atoms with E-state index in [0.29, 0.717) is 26.9 Å². The lowest BCUT2D eigenvalue weighted by molar-refractivity contribution is -0.207. The lowest BCUT2D eigenvalue weighted by Crippen LogP contribution is -2.37. The molecule has 8 nitrogen and oxygen atoms in total. The van der Waals surface area contributed by atoms with Crippen molar-refractivity contribution < 1.29 is 18.3 Å². The van der Waals surface area contributed by atoms with Gasteiger partial charge in [0, 0.05) is 16.1 Å². The number of aliphatic hydroxyl groups excluding tert-OH is 1. The summed E-state index contributed by atoms with van der Waals surface area (Å²) in [7, 11) is 0. The minimum absolute atomic E-state index is 0.0771. The Balaban J connectivity index is 1.78. The van der Waals surface area contributed by atoms with Gasteiger partial charge in [0.1, 0.15) is 11.4 Å². The predicted molar refractivity (Wildman–Crippen MR) is 114 cm³/mol. The highest BCUT2D eigenvalue weighted by Crippen LogP contribution is 2.30. The van der Waals surface area contributed by atoms with Crippen molar-refractivity contribution in [2.24, 2.45) is 10.3 Å². The van der Waals surface area contributed by atoms with E-state index in [2.05, 4.69) is 20.9 Å². The summed E-state index contributed by atoms with van der Waals surface area (Å²) in [4.78, 5) is 13.0. The molecule has 0 saturated heterocycles. The molecule has 0 spiro atoms. The van der Waals surface area contributed by atoms with Crippen LogP contribution in [0.2, 0.25) is 10.0 Å². The lowest BCUT2D eigenvalue weighted by Gasteiger charge is -2.15. The number of benzene rings is 2. The molecule has 0 unspecified atom stereocenters. The number of nitrogens with zero attached hydrogens (tertiary/aromatic N) is 6. The molecule has 13 heteroatoms. The van der Waals surface area contributed by atoms with E-state index in [9.17, 15) is 23.1 Å². The molecule has 0 aliphatic carbocycles. The van der Waals surface area contributed by atoms with Gasteiger partial charge in [0.2, 0.25) is 0 Å². The van der Waals surface area contributed by atoms with Gasteiger partial charge in [-0.25, -0.2) is 9.48 Å². The number of aromatic nitrogens is 3. The van der Waals surface area contributed by atoms with Crippen molar-refractivity contribution in [3.05, 3.63) is 80.3 Å². The number of allylic oxidation sites excluding steroid dienone is 1. The second-order valence-corrected chi connectivity index (χ2v) is 7.85. The molecule has 1 atom stereocenters. The molecule has 2 heterocycles. The predicted octanol–water partition coefficient (Wildman–Crippen LogP) is 4.30. The normalized spacial score (nSPS) is 14.6. The molecule has 1 aromatic heterocycles. The van der Waals surface area contributed by atoms with Gasteiger partial charge in [-0.15, -0.1) is 15.6 Å². The second-order valence-electron chi connectivity index (χ2n) is 7.00. The zero-order chi connectivity index (χ0) is 23.8. The first kappa shape index (κ1) is 23.0. The highest BCUT2D eigenvalue weighted by atomic mass is 35.5. The molecule has 1 radical (unpaired) electrons. The summed E-state index contributed by atoms with van der Waals surface area (Å²) in [5.74, 6) is -0.0771. The van der Waals surface area contributed by atoms with Crippen molar-refractivity contribution in [2.75, 3.05) is 0 Å². The SMILES string of the molecule is O=c1n(CC2=C(c3ccccc3Cl)[N]N=N2)nc(-c2ccc(Cl)cc2)n1C[C@H](O)C(F)(F)F. The maximum absolute atomic E-state index is 13.0. The van der Waals surface area contributed by atoms with E-state index in [1.165, 1.54) is 24.3 Å². The zero-order valence-electron chi connectivity index (χ0n) is 16.5. The fraction of sp³-hybridized carbons (Fsp3) is 0.200. The molecule has 1 N–H and O–H groups in total. The molecule has 0 saturated carbocycles. The van der Waals surface area contributed by atoms with Crippen LogP contribution in [0.3, 0.4) is 0 Å². The van der Waals surface area contributed by atoms with Crippen molar-refractivity contribution >= 4 is 28.9 Å². The van der Waals surface area contributed by atoms with Crippen molar-refractivity contribution in [1.82, 2.24) is 19.8 Å². The third-order valence-corrected chi connectivity index (χ3v) is 5.35. The van der Waals surface area contributed by atoms with Crippen molar-refractivity contribution in [3.8, 4) is 11.4 Å². The molecule has 3 aromatic rings. The van der Waals surface area contributed by atoms with Gasteiger partial charge >= 0.3 is 11.9 Å². The quantitative estimate of drug-likeness (QED) is 0.549. The van der Waals surface area contributed by atoms with Gasteiger partial charge in [-0.05, 0) is 35.6 Å². The highest BCUT2D eigenvalue weighted by molar-refractivity contribution is 6.32. The number of halogens is 5. The van der Waals surface area contributed by atoms with E-state index in [4.69, 9.17) is 23.2 Å². The van der Waals surface area contributed by atoms with Crippen molar-refractivity contribution in [3.63, 3.8) is 0 Å². The number of aliphatic hydroxyl groups is 1. The van der Waals surface area contributed by atoms with Gasteiger partial charge in [-0.2, -0.15) is 13.2 Å². The Morgan fingerprint density at radius 2 is 1.76 bits per heavy atom. The summed E-state index contributed by atoms with van der Waals surface area (Å²) in [6.07, 6.45) is -7.69. The van der Waals surface area contributed by atoms with E-state index in [1.807, 2.05) is 0 Å². The van der Waals surface area contributed by atoms with E-state index in [0.717, 1.165) is 9.25 Å². The average Bonchev–Trinajstić information content (AvgIpc) is 3.34. The number of hydrogen-bond acceptors (Lipinski definition) is 5. The highest BCUT2D eigenvalue weighted by Gasteiger charge is 2.39. The van der Waals surface area contributed by atoms with E-state index in [1.54, 1.807) is 24.3 Å². The Bertz CT molecular complexity index is 1300. The minimum atomic E-state index is -4.92. The Labute approximate surface area is 194 Å². The number of alkyl halides is 3. The molecular weight excluding hydrogens is 484 g/mol. The van der Waals surface area contributed by atoms with Gasteiger partial charge in [0.25, 0.3) is 0 Å². The monoisotopic (exact) mass is 497 g/mol. The zero-order valence-corrected chi connectivity index (χ0v) is 18.1. The maximum atomic E-state index is 13.0. The Morgan fingerprint density at radius 3 is 2.42 bits per heavy atom. The van der Waals surface area contributed by atoms with Crippen LogP contribution in [0.4, 0.5) is 13.2 Å². The fourth-order valence-electron chi connectivity index (χ4n) is 3.13. The molecule has 0 amide bonds. The summed E-state index contributed by atoms with van der Waals surface area (Å²) >= 11 is 12.1. The smallest absolute Gasteiger partial charge is 0.382 e. The van der Waals surface area contributed by atoms with Gasteiger partial charge in [0.05, 0.1) is 18.1 Å². The number of hydrogen-bond donors (Lipinski definition) is 1. The molecular formula is C20H14Cl2F3N6O2.